The molecule has 1 aromatic heterocycles. The number of nitrogens with zero attached hydrogens (tertiary/aromatic N) is 4. The average molecular weight is 374 g/mol. The third kappa shape index (κ3) is 4.25. The summed E-state index contributed by atoms with van der Waals surface area (Å²) in [6.07, 6.45) is 1.84. The minimum atomic E-state index is 0.196. The monoisotopic (exact) mass is 373 g/mol. The second kappa shape index (κ2) is 8.30. The Balaban J connectivity index is 1.40. The van der Waals surface area contributed by atoms with E-state index in [0.29, 0.717) is 0 Å². The summed E-state index contributed by atoms with van der Waals surface area (Å²) in [6, 6.07) is 21.3. The van der Waals surface area contributed by atoms with Crippen LogP contribution in [-0.4, -0.2) is 36.1 Å². The van der Waals surface area contributed by atoms with Crippen LogP contribution in [0.1, 0.15) is 24.1 Å². The van der Waals surface area contributed by atoms with E-state index in [1.54, 1.807) is 0 Å². The lowest BCUT2D eigenvalue weighted by Crippen LogP contribution is -2.47. The molecule has 2 aromatic carbocycles. The van der Waals surface area contributed by atoms with Gasteiger partial charge in [0.2, 0.25) is 5.95 Å². The van der Waals surface area contributed by atoms with Crippen LogP contribution >= 0.6 is 0 Å². The molecule has 0 spiro atoms. The van der Waals surface area contributed by atoms with Gasteiger partial charge >= 0.3 is 0 Å². The summed E-state index contributed by atoms with van der Waals surface area (Å²) in [5.41, 5.74) is 3.84. The molecule has 28 heavy (non-hydrogen) atoms. The average Bonchev–Trinajstić information content (AvgIpc) is 2.75. The molecule has 0 amide bonds. The molecule has 144 valence electrons. The van der Waals surface area contributed by atoms with Gasteiger partial charge in [-0.3, -0.25) is 0 Å². The first-order valence-corrected chi connectivity index (χ1v) is 9.90. The van der Waals surface area contributed by atoms with Crippen LogP contribution in [0.3, 0.4) is 0 Å². The van der Waals surface area contributed by atoms with Gasteiger partial charge in [0, 0.05) is 44.1 Å². The zero-order valence-electron chi connectivity index (χ0n) is 16.5. The van der Waals surface area contributed by atoms with Crippen LogP contribution < -0.4 is 15.1 Å². The van der Waals surface area contributed by atoms with Crippen LogP contribution in [0, 0.1) is 6.92 Å². The van der Waals surface area contributed by atoms with E-state index in [1.165, 1.54) is 16.8 Å². The van der Waals surface area contributed by atoms with Gasteiger partial charge in [0.1, 0.15) is 5.82 Å². The predicted molar refractivity (Wildman–Crippen MR) is 116 cm³/mol. The van der Waals surface area contributed by atoms with Crippen LogP contribution in [0.5, 0.6) is 0 Å². The Hall–Kier alpha value is -3.08. The van der Waals surface area contributed by atoms with E-state index in [-0.39, 0.29) is 6.04 Å². The molecule has 2 heterocycles. The molecular weight excluding hydrogens is 346 g/mol. The first-order chi connectivity index (χ1) is 13.7. The zero-order valence-corrected chi connectivity index (χ0v) is 16.5. The molecule has 1 fully saturated rings. The van der Waals surface area contributed by atoms with Crippen molar-refractivity contribution in [1.82, 2.24) is 9.97 Å². The molecule has 1 unspecified atom stereocenters. The second-order valence-electron chi connectivity index (χ2n) is 7.33. The number of benzene rings is 2. The van der Waals surface area contributed by atoms with Gasteiger partial charge in [-0.05, 0) is 43.2 Å². The van der Waals surface area contributed by atoms with Crippen LogP contribution in [0.2, 0.25) is 0 Å². The van der Waals surface area contributed by atoms with Gasteiger partial charge in [0.05, 0.1) is 0 Å². The smallest absolute Gasteiger partial charge is 0.227 e. The minimum Gasteiger partial charge on any atom is -0.368 e. The van der Waals surface area contributed by atoms with Gasteiger partial charge in [-0.25, -0.2) is 4.98 Å². The Bertz CT molecular complexity index is 904. The van der Waals surface area contributed by atoms with Crippen molar-refractivity contribution < 1.29 is 0 Å². The van der Waals surface area contributed by atoms with Gasteiger partial charge in [-0.2, -0.15) is 4.98 Å². The van der Waals surface area contributed by atoms with Crippen molar-refractivity contribution in [3.05, 3.63) is 78.0 Å². The molecule has 3 aromatic rings. The third-order valence-electron chi connectivity index (χ3n) is 5.24. The summed E-state index contributed by atoms with van der Waals surface area (Å²) in [4.78, 5) is 14.0. The fourth-order valence-corrected chi connectivity index (χ4v) is 3.62. The number of nitrogens with one attached hydrogen (secondary N) is 1. The molecule has 1 aliphatic rings. The standard InChI is InChI=1S/C23H27N5/c1-18-7-6-10-21(17-18)27-13-15-28(16-14-27)23-24-12-11-22(26-23)25-19(2)20-8-4-3-5-9-20/h3-12,17,19H,13-16H2,1-2H3,(H,24,25,26). The number of hydrogen-bond acceptors (Lipinski definition) is 5. The minimum absolute atomic E-state index is 0.196. The van der Waals surface area contributed by atoms with Crippen molar-refractivity contribution in [1.29, 1.82) is 0 Å². The quantitative estimate of drug-likeness (QED) is 0.723. The van der Waals surface area contributed by atoms with Gasteiger partial charge < -0.3 is 15.1 Å². The lowest BCUT2D eigenvalue weighted by molar-refractivity contribution is 0.640. The maximum Gasteiger partial charge on any atom is 0.227 e. The van der Waals surface area contributed by atoms with E-state index in [1.807, 2.05) is 18.3 Å². The van der Waals surface area contributed by atoms with Crippen LogP contribution in [0.4, 0.5) is 17.5 Å². The Labute approximate surface area is 167 Å². The summed E-state index contributed by atoms with van der Waals surface area (Å²) >= 11 is 0. The molecule has 5 heteroatoms. The maximum absolute atomic E-state index is 4.76. The summed E-state index contributed by atoms with van der Waals surface area (Å²) in [7, 11) is 0. The van der Waals surface area contributed by atoms with Gasteiger partial charge in [0.15, 0.2) is 0 Å². The number of aromatic nitrogens is 2. The first kappa shape index (κ1) is 18.3. The van der Waals surface area contributed by atoms with E-state index < -0.39 is 0 Å². The lowest BCUT2D eigenvalue weighted by atomic mass is 10.1. The molecular formula is C23H27N5. The Morgan fingerprint density at radius 2 is 1.64 bits per heavy atom. The number of aryl methyl sites for hydroxylation is 1. The van der Waals surface area contributed by atoms with E-state index in [4.69, 9.17) is 4.98 Å². The zero-order chi connectivity index (χ0) is 19.3. The molecule has 1 atom stereocenters. The van der Waals surface area contributed by atoms with Crippen molar-refractivity contribution in [2.24, 2.45) is 0 Å². The second-order valence-corrected chi connectivity index (χ2v) is 7.33. The molecule has 5 nitrogen and oxygen atoms in total. The molecule has 1 N–H and O–H groups in total. The maximum atomic E-state index is 4.76. The van der Waals surface area contributed by atoms with Crippen LogP contribution in [-0.2, 0) is 0 Å². The van der Waals surface area contributed by atoms with E-state index >= 15 is 0 Å². The van der Waals surface area contributed by atoms with Gasteiger partial charge in [-0.15, -0.1) is 0 Å². The summed E-state index contributed by atoms with van der Waals surface area (Å²) in [5.74, 6) is 1.66. The number of piperazine rings is 1. The third-order valence-corrected chi connectivity index (χ3v) is 5.24. The van der Waals surface area contributed by atoms with Crippen molar-refractivity contribution in [3.63, 3.8) is 0 Å². The molecule has 0 radical (unpaired) electrons. The Kier molecular flexibility index (Phi) is 5.42. The van der Waals surface area contributed by atoms with E-state index in [9.17, 15) is 0 Å². The molecule has 1 aliphatic heterocycles. The highest BCUT2D eigenvalue weighted by Gasteiger charge is 2.19. The number of hydrogen-bond donors (Lipinski definition) is 1. The number of rotatable bonds is 5. The first-order valence-electron chi connectivity index (χ1n) is 9.90. The Morgan fingerprint density at radius 3 is 2.39 bits per heavy atom. The van der Waals surface area contributed by atoms with E-state index in [0.717, 1.165) is 37.9 Å². The van der Waals surface area contributed by atoms with Crippen LogP contribution in [0.15, 0.2) is 66.9 Å². The highest BCUT2D eigenvalue weighted by Crippen LogP contribution is 2.22. The molecule has 0 saturated carbocycles. The number of anilines is 3. The SMILES string of the molecule is Cc1cccc(N2CCN(c3nccc(NC(C)c4ccccc4)n3)CC2)c1. The summed E-state index contributed by atoms with van der Waals surface area (Å²) in [6.45, 7) is 8.09. The van der Waals surface area contributed by atoms with Crippen molar-refractivity contribution in [3.8, 4) is 0 Å². The molecule has 0 aliphatic carbocycles. The normalized spacial score (nSPS) is 15.4. The lowest BCUT2D eigenvalue weighted by Gasteiger charge is -2.36. The molecule has 0 bridgehead atoms. The summed E-state index contributed by atoms with van der Waals surface area (Å²) < 4.78 is 0. The highest BCUT2D eigenvalue weighted by molar-refractivity contribution is 5.51. The fourth-order valence-electron chi connectivity index (χ4n) is 3.62. The molecule has 4 rings (SSSR count). The van der Waals surface area contributed by atoms with Crippen LogP contribution in [0.25, 0.3) is 0 Å². The largest absolute Gasteiger partial charge is 0.368 e. The van der Waals surface area contributed by atoms with E-state index in [2.05, 4.69) is 82.5 Å². The Morgan fingerprint density at radius 1 is 0.893 bits per heavy atom. The topological polar surface area (TPSA) is 44.3 Å². The van der Waals surface area contributed by atoms with Crippen molar-refractivity contribution in [2.45, 2.75) is 19.9 Å². The molecule has 1 saturated heterocycles. The fraction of sp³-hybridized carbons (Fsp3) is 0.304. The van der Waals surface area contributed by atoms with Gasteiger partial charge in [0.25, 0.3) is 0 Å². The van der Waals surface area contributed by atoms with Crippen molar-refractivity contribution in [2.75, 3.05) is 41.3 Å². The van der Waals surface area contributed by atoms with Gasteiger partial charge in [-0.1, -0.05) is 42.5 Å². The highest BCUT2D eigenvalue weighted by atomic mass is 15.3. The predicted octanol–water partition coefficient (Wildman–Crippen LogP) is 4.28. The van der Waals surface area contributed by atoms with Crippen molar-refractivity contribution >= 4 is 17.5 Å². The summed E-state index contributed by atoms with van der Waals surface area (Å²) in [5, 5.41) is 3.49.